The van der Waals surface area contributed by atoms with Crippen LogP contribution >= 0.6 is 0 Å². The first-order valence-corrected chi connectivity index (χ1v) is 6.50. The number of benzene rings is 1. The Hall–Kier alpha value is -1.55. The lowest BCUT2D eigenvalue weighted by atomic mass is 9.90. The van der Waals surface area contributed by atoms with Gasteiger partial charge in [0.05, 0.1) is 0 Å². The fourth-order valence-electron chi connectivity index (χ4n) is 1.64. The summed E-state index contributed by atoms with van der Waals surface area (Å²) in [6, 6.07) is 7.60. The van der Waals surface area contributed by atoms with Gasteiger partial charge in [0.15, 0.2) is 6.61 Å². The number of ether oxygens (including phenoxy) is 1. The van der Waals surface area contributed by atoms with Gasteiger partial charge in [0.1, 0.15) is 5.75 Å². The number of hydrogen-bond acceptors (Lipinski definition) is 3. The molecule has 19 heavy (non-hydrogen) atoms. The van der Waals surface area contributed by atoms with Gasteiger partial charge in [-0.2, -0.15) is 0 Å². The van der Waals surface area contributed by atoms with Crippen LogP contribution < -0.4 is 10.1 Å². The summed E-state index contributed by atoms with van der Waals surface area (Å²) in [5.74, 6) is 0.585. The van der Waals surface area contributed by atoms with Crippen molar-refractivity contribution >= 4 is 5.91 Å². The third-order valence-electron chi connectivity index (χ3n) is 3.01. The molecule has 0 fully saturated rings. The summed E-state index contributed by atoms with van der Waals surface area (Å²) in [4.78, 5) is 11.7. The largest absolute Gasteiger partial charge is 0.484 e. The van der Waals surface area contributed by atoms with Crippen LogP contribution in [0.15, 0.2) is 24.3 Å². The first kappa shape index (κ1) is 15.5. The molecule has 0 spiro atoms. The van der Waals surface area contributed by atoms with Crippen molar-refractivity contribution in [1.29, 1.82) is 0 Å². The number of hydrogen-bond donors (Lipinski definition) is 2. The van der Waals surface area contributed by atoms with Gasteiger partial charge in [-0.1, -0.05) is 32.0 Å². The van der Waals surface area contributed by atoms with Crippen LogP contribution in [0.2, 0.25) is 0 Å². The maximum atomic E-state index is 11.7. The van der Waals surface area contributed by atoms with Crippen LogP contribution in [0, 0.1) is 12.3 Å². The van der Waals surface area contributed by atoms with Crippen LogP contribution in [0.3, 0.4) is 0 Å². The smallest absolute Gasteiger partial charge is 0.257 e. The number of nitrogens with one attached hydrogen (secondary N) is 1. The Morgan fingerprint density at radius 1 is 1.37 bits per heavy atom. The van der Waals surface area contributed by atoms with Crippen molar-refractivity contribution in [2.75, 3.05) is 19.8 Å². The van der Waals surface area contributed by atoms with Crippen molar-refractivity contribution in [2.24, 2.45) is 5.41 Å². The highest BCUT2D eigenvalue weighted by molar-refractivity contribution is 5.77. The molecule has 106 valence electrons. The fourth-order valence-corrected chi connectivity index (χ4v) is 1.64. The van der Waals surface area contributed by atoms with E-state index in [9.17, 15) is 4.79 Å². The average Bonchev–Trinajstić information content (AvgIpc) is 2.35. The number of aliphatic hydroxyl groups is 1. The van der Waals surface area contributed by atoms with Crippen molar-refractivity contribution in [3.05, 3.63) is 29.8 Å². The molecule has 4 heteroatoms. The number of aliphatic hydroxyl groups excluding tert-OH is 1. The van der Waals surface area contributed by atoms with Crippen molar-refractivity contribution in [1.82, 2.24) is 5.32 Å². The zero-order valence-corrected chi connectivity index (χ0v) is 11.9. The van der Waals surface area contributed by atoms with Crippen LogP contribution in [0.25, 0.3) is 0 Å². The van der Waals surface area contributed by atoms with Crippen molar-refractivity contribution in [3.63, 3.8) is 0 Å². The van der Waals surface area contributed by atoms with Gasteiger partial charge in [-0.25, -0.2) is 0 Å². The lowest BCUT2D eigenvalue weighted by molar-refractivity contribution is -0.123. The second-order valence-electron chi connectivity index (χ2n) is 5.47. The summed E-state index contributed by atoms with van der Waals surface area (Å²) >= 11 is 0. The zero-order valence-electron chi connectivity index (χ0n) is 11.9. The molecule has 0 saturated heterocycles. The molecule has 0 aliphatic heterocycles. The molecule has 0 bridgehead atoms. The van der Waals surface area contributed by atoms with Gasteiger partial charge >= 0.3 is 0 Å². The molecule has 0 saturated carbocycles. The topological polar surface area (TPSA) is 58.6 Å². The summed E-state index contributed by atoms with van der Waals surface area (Å²) in [6.45, 7) is 6.63. The molecule has 1 aromatic rings. The number of amides is 1. The first-order chi connectivity index (χ1) is 8.94. The Morgan fingerprint density at radius 2 is 2.05 bits per heavy atom. The third-order valence-corrected chi connectivity index (χ3v) is 3.01. The van der Waals surface area contributed by atoms with E-state index in [-0.39, 0.29) is 24.5 Å². The number of aryl methyl sites for hydroxylation is 1. The average molecular weight is 265 g/mol. The predicted molar refractivity (Wildman–Crippen MR) is 75.2 cm³/mol. The normalized spacial score (nSPS) is 11.2. The molecular formula is C15H23NO3. The Kier molecular flexibility index (Phi) is 5.83. The molecule has 1 amide bonds. The SMILES string of the molecule is Cc1ccccc1OCC(=O)NCC(C)(C)CCO. The minimum atomic E-state index is -0.144. The number of carbonyl (C=O) groups is 1. The van der Waals surface area contributed by atoms with E-state index in [1.165, 1.54) is 0 Å². The zero-order chi connectivity index (χ0) is 14.3. The molecule has 0 aromatic heterocycles. The molecule has 0 unspecified atom stereocenters. The van der Waals surface area contributed by atoms with Crippen LogP contribution in [-0.4, -0.2) is 30.8 Å². The Morgan fingerprint density at radius 3 is 2.68 bits per heavy atom. The third kappa shape index (κ3) is 5.75. The van der Waals surface area contributed by atoms with Crippen LogP contribution in [-0.2, 0) is 4.79 Å². The van der Waals surface area contributed by atoms with Crippen LogP contribution in [0.4, 0.5) is 0 Å². The summed E-state index contributed by atoms with van der Waals surface area (Å²) in [6.07, 6.45) is 0.659. The second kappa shape index (κ2) is 7.14. The quantitative estimate of drug-likeness (QED) is 0.791. The van der Waals surface area contributed by atoms with Crippen molar-refractivity contribution < 1.29 is 14.6 Å². The molecule has 0 radical (unpaired) electrons. The molecule has 0 aliphatic rings. The van der Waals surface area contributed by atoms with Gasteiger partial charge in [-0.15, -0.1) is 0 Å². The second-order valence-corrected chi connectivity index (χ2v) is 5.47. The molecular weight excluding hydrogens is 242 g/mol. The predicted octanol–water partition coefficient (Wildman–Crippen LogP) is 1.90. The van der Waals surface area contributed by atoms with Gasteiger partial charge in [-0.05, 0) is 30.4 Å². The highest BCUT2D eigenvalue weighted by Crippen LogP contribution is 2.18. The van der Waals surface area contributed by atoms with Gasteiger partial charge < -0.3 is 15.2 Å². The number of para-hydroxylation sites is 1. The summed E-state index contributed by atoms with van der Waals surface area (Å²) < 4.78 is 5.46. The standard InChI is InChI=1S/C15H23NO3/c1-12-6-4-5-7-13(12)19-10-14(18)16-11-15(2,3)8-9-17/h4-7,17H,8-11H2,1-3H3,(H,16,18). The minimum Gasteiger partial charge on any atom is -0.484 e. The maximum absolute atomic E-state index is 11.7. The lowest BCUT2D eigenvalue weighted by Gasteiger charge is -2.23. The van der Waals surface area contributed by atoms with E-state index in [0.29, 0.717) is 13.0 Å². The molecule has 0 atom stereocenters. The lowest BCUT2D eigenvalue weighted by Crippen LogP contribution is -2.37. The van der Waals surface area contributed by atoms with Gasteiger partial charge in [0.25, 0.3) is 5.91 Å². The molecule has 1 rings (SSSR count). The van der Waals surface area contributed by atoms with E-state index in [1.807, 2.05) is 45.0 Å². The summed E-state index contributed by atoms with van der Waals surface area (Å²) in [5, 5.41) is 11.7. The van der Waals surface area contributed by atoms with Crippen LogP contribution in [0.5, 0.6) is 5.75 Å². The summed E-state index contributed by atoms with van der Waals surface area (Å²) in [5.41, 5.74) is 0.906. The van der Waals surface area contributed by atoms with E-state index < -0.39 is 0 Å². The highest BCUT2D eigenvalue weighted by atomic mass is 16.5. The first-order valence-electron chi connectivity index (χ1n) is 6.50. The van der Waals surface area contributed by atoms with E-state index in [2.05, 4.69) is 5.32 Å². The number of carbonyl (C=O) groups excluding carboxylic acids is 1. The molecule has 2 N–H and O–H groups in total. The molecule has 0 heterocycles. The summed E-state index contributed by atoms with van der Waals surface area (Å²) in [7, 11) is 0. The van der Waals surface area contributed by atoms with Crippen molar-refractivity contribution in [3.8, 4) is 5.75 Å². The van der Waals surface area contributed by atoms with Crippen molar-refractivity contribution in [2.45, 2.75) is 27.2 Å². The van der Waals surface area contributed by atoms with Gasteiger partial charge in [-0.3, -0.25) is 4.79 Å². The highest BCUT2D eigenvalue weighted by Gasteiger charge is 2.18. The molecule has 1 aromatic carbocycles. The van der Waals surface area contributed by atoms with Gasteiger partial charge in [0.2, 0.25) is 0 Å². The minimum absolute atomic E-state index is 0.0139. The van der Waals surface area contributed by atoms with E-state index >= 15 is 0 Å². The van der Waals surface area contributed by atoms with Gasteiger partial charge in [0, 0.05) is 13.2 Å². The van der Waals surface area contributed by atoms with E-state index in [0.717, 1.165) is 11.3 Å². The molecule has 4 nitrogen and oxygen atoms in total. The Labute approximate surface area is 114 Å². The monoisotopic (exact) mass is 265 g/mol. The van der Waals surface area contributed by atoms with Crippen LogP contribution in [0.1, 0.15) is 25.8 Å². The number of rotatable bonds is 7. The Bertz CT molecular complexity index is 416. The maximum Gasteiger partial charge on any atom is 0.257 e. The fraction of sp³-hybridized carbons (Fsp3) is 0.533. The molecule has 0 aliphatic carbocycles. The Balaban J connectivity index is 2.35. The van der Waals surface area contributed by atoms with E-state index in [1.54, 1.807) is 0 Å². The van der Waals surface area contributed by atoms with E-state index in [4.69, 9.17) is 9.84 Å².